The number of aryl methyl sites for hydroxylation is 1. The Bertz CT molecular complexity index is 508. The van der Waals surface area contributed by atoms with E-state index in [-0.39, 0.29) is 31.3 Å². The molecule has 1 fully saturated rings. The highest BCUT2D eigenvalue weighted by Gasteiger charge is 2.29. The van der Waals surface area contributed by atoms with Gasteiger partial charge in [0.05, 0.1) is 30.4 Å². The number of nitrogens with zero attached hydrogens (tertiary/aromatic N) is 1. The van der Waals surface area contributed by atoms with E-state index in [4.69, 9.17) is 26.2 Å². The Hall–Kier alpha value is -1.30. The molecular formula is C15H20ClNO4. The average Bonchev–Trinajstić information content (AvgIpc) is 2.48. The van der Waals surface area contributed by atoms with Gasteiger partial charge in [0.1, 0.15) is 5.75 Å². The van der Waals surface area contributed by atoms with Crippen molar-refractivity contribution >= 4 is 17.5 Å². The second-order valence-corrected chi connectivity index (χ2v) is 5.66. The average molecular weight is 314 g/mol. The summed E-state index contributed by atoms with van der Waals surface area (Å²) in [6, 6.07) is 5.40. The van der Waals surface area contributed by atoms with Crippen molar-refractivity contribution in [3.8, 4) is 5.75 Å². The molecule has 2 rings (SSSR count). The van der Waals surface area contributed by atoms with Crippen LogP contribution in [0.4, 0.5) is 0 Å². The van der Waals surface area contributed by atoms with Gasteiger partial charge in [-0.15, -0.1) is 0 Å². The zero-order valence-electron chi connectivity index (χ0n) is 12.2. The molecule has 2 atom stereocenters. The van der Waals surface area contributed by atoms with E-state index in [1.165, 1.54) is 0 Å². The molecule has 0 aliphatic carbocycles. The second-order valence-electron chi connectivity index (χ2n) is 5.26. The molecule has 1 aromatic carbocycles. The quantitative estimate of drug-likeness (QED) is 0.918. The molecule has 116 valence electrons. The topological polar surface area (TPSA) is 59.0 Å². The lowest BCUT2D eigenvalue weighted by atomic mass is 10.2. The number of hydrogen-bond acceptors (Lipinski definition) is 4. The van der Waals surface area contributed by atoms with Gasteiger partial charge < -0.3 is 19.5 Å². The summed E-state index contributed by atoms with van der Waals surface area (Å²) >= 11 is 6.04. The highest BCUT2D eigenvalue weighted by atomic mass is 35.5. The fourth-order valence-corrected chi connectivity index (χ4v) is 2.39. The predicted molar refractivity (Wildman–Crippen MR) is 79.7 cm³/mol. The number of benzene rings is 1. The molecule has 1 aliphatic rings. The van der Waals surface area contributed by atoms with Crippen molar-refractivity contribution in [2.24, 2.45) is 0 Å². The van der Waals surface area contributed by atoms with Crippen molar-refractivity contribution in [2.75, 3.05) is 26.4 Å². The largest absolute Gasteiger partial charge is 0.482 e. The highest BCUT2D eigenvalue weighted by Crippen LogP contribution is 2.25. The van der Waals surface area contributed by atoms with Crippen LogP contribution in [0.1, 0.15) is 12.5 Å². The maximum atomic E-state index is 12.3. The third-order valence-corrected chi connectivity index (χ3v) is 3.78. The van der Waals surface area contributed by atoms with E-state index < -0.39 is 0 Å². The van der Waals surface area contributed by atoms with Crippen LogP contribution in [0, 0.1) is 6.92 Å². The normalized spacial score (nSPS) is 22.2. The summed E-state index contributed by atoms with van der Waals surface area (Å²) in [5, 5.41) is 9.62. The van der Waals surface area contributed by atoms with Gasteiger partial charge in [0, 0.05) is 6.54 Å². The van der Waals surface area contributed by atoms with Crippen molar-refractivity contribution in [1.29, 1.82) is 0 Å². The van der Waals surface area contributed by atoms with E-state index in [1.54, 1.807) is 17.0 Å². The summed E-state index contributed by atoms with van der Waals surface area (Å²) in [6.07, 6.45) is -0.326. The lowest BCUT2D eigenvalue weighted by Crippen LogP contribution is -2.53. The Morgan fingerprint density at radius 3 is 3.05 bits per heavy atom. The molecule has 0 aromatic heterocycles. The molecule has 5 nitrogen and oxygen atoms in total. The maximum Gasteiger partial charge on any atom is 0.260 e. The van der Waals surface area contributed by atoms with Gasteiger partial charge >= 0.3 is 0 Å². The third kappa shape index (κ3) is 4.09. The number of carbonyl (C=O) groups excluding carboxylic acids is 1. The van der Waals surface area contributed by atoms with E-state index in [2.05, 4.69) is 0 Å². The summed E-state index contributed by atoms with van der Waals surface area (Å²) in [5.41, 5.74) is 1.02. The van der Waals surface area contributed by atoms with Gasteiger partial charge in [-0.2, -0.15) is 0 Å². The number of aliphatic hydroxyl groups excluding tert-OH is 1. The number of hydrogen-bond donors (Lipinski definition) is 1. The van der Waals surface area contributed by atoms with Crippen LogP contribution in [0.15, 0.2) is 18.2 Å². The Labute approximate surface area is 129 Å². The van der Waals surface area contributed by atoms with Crippen LogP contribution >= 0.6 is 11.6 Å². The summed E-state index contributed by atoms with van der Waals surface area (Å²) in [7, 11) is 0. The van der Waals surface area contributed by atoms with E-state index in [9.17, 15) is 4.79 Å². The van der Waals surface area contributed by atoms with Crippen LogP contribution in [0.5, 0.6) is 5.75 Å². The standard InChI is InChI=1S/C15H20ClNO4/c1-10-3-4-13(16)14(5-10)21-9-15(19)17-6-12(7-18)20-8-11(17)2/h3-5,11-12,18H,6-9H2,1-2H3. The maximum absolute atomic E-state index is 12.3. The van der Waals surface area contributed by atoms with Crippen LogP contribution in [0.3, 0.4) is 0 Å². The molecule has 6 heteroatoms. The number of morpholine rings is 1. The minimum absolute atomic E-state index is 0.0307. The van der Waals surface area contributed by atoms with Crippen molar-refractivity contribution in [3.05, 3.63) is 28.8 Å². The number of rotatable bonds is 4. The fourth-order valence-electron chi connectivity index (χ4n) is 2.22. The molecule has 1 aliphatic heterocycles. The minimum Gasteiger partial charge on any atom is -0.482 e. The zero-order valence-corrected chi connectivity index (χ0v) is 13.0. The van der Waals surface area contributed by atoms with Gasteiger partial charge in [-0.05, 0) is 31.5 Å². The first kappa shape index (κ1) is 16.1. The van der Waals surface area contributed by atoms with Crippen molar-refractivity contribution in [3.63, 3.8) is 0 Å². The predicted octanol–water partition coefficient (Wildman–Crippen LogP) is 1.64. The van der Waals surface area contributed by atoms with E-state index >= 15 is 0 Å². The van der Waals surface area contributed by atoms with Gasteiger partial charge in [0.25, 0.3) is 5.91 Å². The molecule has 21 heavy (non-hydrogen) atoms. The second kappa shape index (κ2) is 7.11. The molecule has 1 aromatic rings. The highest BCUT2D eigenvalue weighted by molar-refractivity contribution is 6.32. The fraction of sp³-hybridized carbons (Fsp3) is 0.533. The first-order valence-corrected chi connectivity index (χ1v) is 7.30. The molecule has 1 heterocycles. The summed E-state index contributed by atoms with van der Waals surface area (Å²) in [5.74, 6) is 0.367. The molecule has 0 saturated carbocycles. The SMILES string of the molecule is Cc1ccc(Cl)c(OCC(=O)N2CC(CO)OCC2C)c1. The monoisotopic (exact) mass is 313 g/mol. The number of aliphatic hydroxyl groups is 1. The molecular weight excluding hydrogens is 294 g/mol. The number of carbonyl (C=O) groups is 1. The lowest BCUT2D eigenvalue weighted by molar-refractivity contribution is -0.148. The lowest BCUT2D eigenvalue weighted by Gasteiger charge is -2.37. The van der Waals surface area contributed by atoms with Crippen LogP contribution in [0.25, 0.3) is 0 Å². The van der Waals surface area contributed by atoms with Gasteiger partial charge in [-0.1, -0.05) is 17.7 Å². The van der Waals surface area contributed by atoms with Crippen LogP contribution < -0.4 is 4.74 Å². The number of ether oxygens (including phenoxy) is 2. The Morgan fingerprint density at radius 2 is 2.33 bits per heavy atom. The van der Waals surface area contributed by atoms with E-state index in [1.807, 2.05) is 19.9 Å². The zero-order chi connectivity index (χ0) is 15.4. The Balaban J connectivity index is 1.96. The minimum atomic E-state index is -0.326. The number of halogens is 1. The van der Waals surface area contributed by atoms with E-state index in [0.717, 1.165) is 5.56 Å². The van der Waals surface area contributed by atoms with E-state index in [0.29, 0.717) is 23.9 Å². The molecule has 1 N–H and O–H groups in total. The molecule has 1 saturated heterocycles. The van der Waals surface area contributed by atoms with Crippen LogP contribution in [-0.4, -0.2) is 54.4 Å². The molecule has 1 amide bonds. The molecule has 2 unspecified atom stereocenters. The molecule has 0 spiro atoms. The summed E-state index contributed by atoms with van der Waals surface area (Å²) in [4.78, 5) is 13.9. The first-order chi connectivity index (χ1) is 10.0. The van der Waals surface area contributed by atoms with Gasteiger partial charge in [0.2, 0.25) is 0 Å². The summed E-state index contributed by atoms with van der Waals surface area (Å²) < 4.78 is 10.9. The van der Waals surface area contributed by atoms with Crippen LogP contribution in [-0.2, 0) is 9.53 Å². The van der Waals surface area contributed by atoms with Crippen molar-refractivity contribution in [1.82, 2.24) is 4.90 Å². The van der Waals surface area contributed by atoms with Gasteiger partial charge in [0.15, 0.2) is 6.61 Å². The summed E-state index contributed by atoms with van der Waals surface area (Å²) in [6.45, 7) is 4.46. The smallest absolute Gasteiger partial charge is 0.260 e. The Morgan fingerprint density at radius 1 is 1.57 bits per heavy atom. The van der Waals surface area contributed by atoms with Crippen LogP contribution in [0.2, 0.25) is 5.02 Å². The number of amides is 1. The third-order valence-electron chi connectivity index (χ3n) is 3.47. The first-order valence-electron chi connectivity index (χ1n) is 6.92. The Kier molecular flexibility index (Phi) is 5.45. The van der Waals surface area contributed by atoms with Gasteiger partial charge in [-0.25, -0.2) is 0 Å². The van der Waals surface area contributed by atoms with Crippen molar-refractivity contribution in [2.45, 2.75) is 26.0 Å². The molecule has 0 bridgehead atoms. The van der Waals surface area contributed by atoms with Crippen molar-refractivity contribution < 1.29 is 19.4 Å². The van der Waals surface area contributed by atoms with Gasteiger partial charge in [-0.3, -0.25) is 4.79 Å². The molecule has 0 radical (unpaired) electrons.